The van der Waals surface area contributed by atoms with E-state index < -0.39 is 15.9 Å². The Morgan fingerprint density at radius 3 is 2.96 bits per heavy atom. The molecule has 0 saturated carbocycles. The van der Waals surface area contributed by atoms with Crippen LogP contribution in [0, 0.1) is 12.8 Å². The van der Waals surface area contributed by atoms with Gasteiger partial charge in [0.2, 0.25) is 15.9 Å². The van der Waals surface area contributed by atoms with E-state index in [0.29, 0.717) is 38.2 Å². The first kappa shape index (κ1) is 18.9. The number of carbonyl (C=O) groups is 1. The zero-order chi connectivity index (χ0) is 19.7. The highest BCUT2D eigenvalue weighted by Crippen LogP contribution is 2.30. The standard InChI is InChI=1S/C20H23N3O4S/c1-14-4-2-6-19(21-14)22-20(24)16-5-3-10-23(13-16)28(25,26)17-7-8-18-15(12-17)9-11-27-18/h2,4,6-8,12,16H,3,5,9-11,13H2,1H3,(H,21,22,24). The summed E-state index contributed by atoms with van der Waals surface area (Å²) < 4.78 is 33.1. The highest BCUT2D eigenvalue weighted by atomic mass is 32.2. The Kier molecular flexibility index (Phi) is 5.07. The molecular formula is C20H23N3O4S. The molecule has 1 N–H and O–H groups in total. The molecule has 1 atom stereocenters. The lowest BCUT2D eigenvalue weighted by atomic mass is 9.99. The van der Waals surface area contributed by atoms with Crippen molar-refractivity contribution in [1.29, 1.82) is 0 Å². The van der Waals surface area contributed by atoms with Crippen LogP contribution in [0.4, 0.5) is 5.82 Å². The fourth-order valence-electron chi connectivity index (χ4n) is 3.69. The number of sulfonamides is 1. The number of hydrogen-bond acceptors (Lipinski definition) is 5. The normalized spacial score (nSPS) is 19.7. The number of nitrogens with one attached hydrogen (secondary N) is 1. The molecule has 28 heavy (non-hydrogen) atoms. The summed E-state index contributed by atoms with van der Waals surface area (Å²) in [6.45, 7) is 3.03. The molecular weight excluding hydrogens is 378 g/mol. The third-order valence-electron chi connectivity index (χ3n) is 5.19. The van der Waals surface area contributed by atoms with Crippen LogP contribution in [0.25, 0.3) is 0 Å². The fraction of sp³-hybridized carbons (Fsp3) is 0.400. The van der Waals surface area contributed by atoms with Crippen molar-refractivity contribution in [3.05, 3.63) is 47.7 Å². The summed E-state index contributed by atoms with van der Waals surface area (Å²) in [7, 11) is -3.65. The molecule has 0 aliphatic carbocycles. The molecule has 1 unspecified atom stereocenters. The molecule has 8 heteroatoms. The zero-order valence-corrected chi connectivity index (χ0v) is 16.5. The topological polar surface area (TPSA) is 88.6 Å². The number of ether oxygens (including phenoxy) is 1. The molecule has 0 radical (unpaired) electrons. The van der Waals surface area contributed by atoms with Gasteiger partial charge in [-0.05, 0) is 55.7 Å². The molecule has 148 valence electrons. The van der Waals surface area contributed by atoms with Crippen LogP contribution in [0.15, 0.2) is 41.3 Å². The number of fused-ring (bicyclic) bond motifs is 1. The van der Waals surface area contributed by atoms with Crippen LogP contribution in [0.1, 0.15) is 24.1 Å². The predicted molar refractivity (Wildman–Crippen MR) is 105 cm³/mol. The van der Waals surface area contributed by atoms with Crippen molar-refractivity contribution in [2.45, 2.75) is 31.1 Å². The molecule has 3 heterocycles. The Bertz CT molecular complexity index is 1010. The van der Waals surface area contributed by atoms with E-state index in [1.54, 1.807) is 24.3 Å². The van der Waals surface area contributed by atoms with Gasteiger partial charge in [0.25, 0.3) is 0 Å². The van der Waals surface area contributed by atoms with Crippen molar-refractivity contribution in [3.8, 4) is 5.75 Å². The van der Waals surface area contributed by atoms with Gasteiger partial charge in [0.15, 0.2) is 0 Å². The van der Waals surface area contributed by atoms with E-state index in [4.69, 9.17) is 4.74 Å². The minimum absolute atomic E-state index is 0.174. The van der Waals surface area contributed by atoms with Crippen LogP contribution in [-0.2, 0) is 21.2 Å². The molecule has 1 fully saturated rings. The number of rotatable bonds is 4. The molecule has 1 saturated heterocycles. The molecule has 2 aromatic rings. The highest BCUT2D eigenvalue weighted by Gasteiger charge is 2.34. The van der Waals surface area contributed by atoms with E-state index in [1.807, 2.05) is 19.1 Å². The SMILES string of the molecule is Cc1cccc(NC(=O)C2CCCN(S(=O)(=O)c3ccc4c(c3)CCO4)C2)n1. The Hall–Kier alpha value is -2.45. The third kappa shape index (κ3) is 3.74. The summed E-state index contributed by atoms with van der Waals surface area (Å²) in [5.41, 5.74) is 1.73. The van der Waals surface area contributed by atoms with Gasteiger partial charge in [-0.1, -0.05) is 6.07 Å². The highest BCUT2D eigenvalue weighted by molar-refractivity contribution is 7.89. The summed E-state index contributed by atoms with van der Waals surface area (Å²) in [5.74, 6) is 0.646. The van der Waals surface area contributed by atoms with Gasteiger partial charge >= 0.3 is 0 Å². The van der Waals surface area contributed by atoms with Crippen LogP contribution in [-0.4, -0.2) is 43.3 Å². The lowest BCUT2D eigenvalue weighted by Gasteiger charge is -2.31. The minimum Gasteiger partial charge on any atom is -0.493 e. The van der Waals surface area contributed by atoms with Gasteiger partial charge in [-0.25, -0.2) is 13.4 Å². The third-order valence-corrected chi connectivity index (χ3v) is 7.05. The number of benzene rings is 1. The molecule has 0 spiro atoms. The molecule has 4 rings (SSSR count). The number of piperidine rings is 1. The van der Waals surface area contributed by atoms with Gasteiger partial charge in [0.05, 0.1) is 17.4 Å². The van der Waals surface area contributed by atoms with Crippen LogP contribution in [0.2, 0.25) is 0 Å². The van der Waals surface area contributed by atoms with Gasteiger partial charge in [0, 0.05) is 25.2 Å². The lowest BCUT2D eigenvalue weighted by molar-refractivity contribution is -0.120. The van der Waals surface area contributed by atoms with Crippen molar-refractivity contribution in [2.75, 3.05) is 25.0 Å². The van der Waals surface area contributed by atoms with Crippen LogP contribution >= 0.6 is 0 Å². The van der Waals surface area contributed by atoms with Crippen molar-refractivity contribution in [1.82, 2.24) is 9.29 Å². The van der Waals surface area contributed by atoms with Crippen LogP contribution in [0.3, 0.4) is 0 Å². The molecule has 2 aliphatic heterocycles. The molecule has 7 nitrogen and oxygen atoms in total. The number of carbonyl (C=O) groups excluding carboxylic acids is 1. The smallest absolute Gasteiger partial charge is 0.243 e. The maximum absolute atomic E-state index is 13.1. The number of aromatic nitrogens is 1. The van der Waals surface area contributed by atoms with Gasteiger partial charge in [-0.2, -0.15) is 4.31 Å². The Morgan fingerprint density at radius 1 is 1.29 bits per heavy atom. The quantitative estimate of drug-likeness (QED) is 0.850. The maximum Gasteiger partial charge on any atom is 0.243 e. The van der Waals surface area contributed by atoms with Gasteiger partial charge in [-0.3, -0.25) is 4.79 Å². The van der Waals surface area contributed by atoms with Crippen molar-refractivity contribution < 1.29 is 17.9 Å². The van der Waals surface area contributed by atoms with Crippen molar-refractivity contribution in [3.63, 3.8) is 0 Å². The number of pyridine rings is 1. The summed E-state index contributed by atoms with van der Waals surface area (Å²) in [6.07, 6.45) is 2.02. The first-order valence-electron chi connectivity index (χ1n) is 9.44. The number of nitrogens with zero attached hydrogens (tertiary/aromatic N) is 2. The Morgan fingerprint density at radius 2 is 2.14 bits per heavy atom. The average Bonchev–Trinajstić information content (AvgIpc) is 3.16. The Balaban J connectivity index is 1.49. The second kappa shape index (κ2) is 7.52. The zero-order valence-electron chi connectivity index (χ0n) is 15.7. The van der Waals surface area contributed by atoms with E-state index >= 15 is 0 Å². The summed E-state index contributed by atoms with van der Waals surface area (Å²) in [6, 6.07) is 10.4. The molecule has 1 aromatic heterocycles. The van der Waals surface area contributed by atoms with E-state index in [-0.39, 0.29) is 17.3 Å². The van der Waals surface area contributed by atoms with Gasteiger partial charge < -0.3 is 10.1 Å². The summed E-state index contributed by atoms with van der Waals surface area (Å²) in [5, 5.41) is 2.81. The second-order valence-corrected chi connectivity index (χ2v) is 9.16. The maximum atomic E-state index is 13.1. The first-order valence-corrected chi connectivity index (χ1v) is 10.9. The predicted octanol–water partition coefficient (Wildman–Crippen LogP) is 2.36. The molecule has 1 aromatic carbocycles. The lowest BCUT2D eigenvalue weighted by Crippen LogP contribution is -2.43. The van der Waals surface area contributed by atoms with Crippen molar-refractivity contribution in [2.24, 2.45) is 5.92 Å². The molecule has 1 amide bonds. The number of anilines is 1. The van der Waals surface area contributed by atoms with Crippen LogP contribution in [0.5, 0.6) is 5.75 Å². The monoisotopic (exact) mass is 401 g/mol. The first-order chi connectivity index (χ1) is 13.4. The molecule has 0 bridgehead atoms. The number of amides is 1. The van der Waals surface area contributed by atoms with Crippen LogP contribution < -0.4 is 10.1 Å². The average molecular weight is 401 g/mol. The Labute approximate surface area is 164 Å². The summed E-state index contributed by atoms with van der Waals surface area (Å²) >= 11 is 0. The van der Waals surface area contributed by atoms with Gasteiger partial charge in [0.1, 0.15) is 11.6 Å². The molecule has 2 aliphatic rings. The second-order valence-electron chi connectivity index (χ2n) is 7.22. The van der Waals surface area contributed by atoms with E-state index in [2.05, 4.69) is 10.3 Å². The fourth-order valence-corrected chi connectivity index (χ4v) is 5.26. The number of aryl methyl sites for hydroxylation is 1. The number of hydrogen-bond donors (Lipinski definition) is 1. The minimum atomic E-state index is -3.65. The van der Waals surface area contributed by atoms with Crippen molar-refractivity contribution >= 4 is 21.7 Å². The van der Waals surface area contributed by atoms with E-state index in [9.17, 15) is 13.2 Å². The summed E-state index contributed by atoms with van der Waals surface area (Å²) in [4.78, 5) is 17.2. The van der Waals surface area contributed by atoms with E-state index in [1.165, 1.54) is 4.31 Å². The largest absolute Gasteiger partial charge is 0.493 e. The van der Waals surface area contributed by atoms with Gasteiger partial charge in [-0.15, -0.1) is 0 Å². The van der Waals surface area contributed by atoms with E-state index in [0.717, 1.165) is 17.0 Å².